The van der Waals surface area contributed by atoms with Crippen LogP contribution in [0.2, 0.25) is 0 Å². The summed E-state index contributed by atoms with van der Waals surface area (Å²) in [6.07, 6.45) is 10.5. The van der Waals surface area contributed by atoms with Crippen LogP contribution in [0.1, 0.15) is 52.9 Å². The molecule has 1 aromatic rings. The van der Waals surface area contributed by atoms with E-state index in [0.29, 0.717) is 5.69 Å². The predicted octanol–water partition coefficient (Wildman–Crippen LogP) is 3.75. The molecule has 8 heteroatoms. The summed E-state index contributed by atoms with van der Waals surface area (Å²) in [4.78, 5) is 43.9. The summed E-state index contributed by atoms with van der Waals surface area (Å²) in [7, 11) is 0. The van der Waals surface area contributed by atoms with Gasteiger partial charge in [-0.25, -0.2) is 0 Å². The first-order valence-electron chi connectivity index (χ1n) is 12.6. The fourth-order valence-electron chi connectivity index (χ4n) is 6.34. The zero-order chi connectivity index (χ0) is 25.0. The van der Waals surface area contributed by atoms with Crippen LogP contribution in [-0.4, -0.2) is 58.2 Å². The first-order chi connectivity index (χ1) is 16.7. The Labute approximate surface area is 211 Å². The van der Waals surface area contributed by atoms with Crippen LogP contribution in [0, 0.1) is 11.8 Å². The van der Waals surface area contributed by atoms with Gasteiger partial charge >= 0.3 is 0 Å². The van der Waals surface area contributed by atoms with Gasteiger partial charge in [-0.15, -0.1) is 11.8 Å². The van der Waals surface area contributed by atoms with Crippen molar-refractivity contribution in [2.24, 2.45) is 11.8 Å². The number of hydrogen-bond acceptors (Lipinski definition) is 5. The summed E-state index contributed by atoms with van der Waals surface area (Å²) in [6.45, 7) is 5.80. The Bertz CT molecular complexity index is 1060. The van der Waals surface area contributed by atoms with Gasteiger partial charge in [0.1, 0.15) is 11.6 Å². The van der Waals surface area contributed by atoms with Crippen molar-refractivity contribution in [3.05, 3.63) is 36.4 Å². The molecule has 2 saturated heterocycles. The zero-order valence-electron chi connectivity index (χ0n) is 20.9. The summed E-state index contributed by atoms with van der Waals surface area (Å²) in [6, 6.07) is 6.95. The first-order valence-corrected chi connectivity index (χ1v) is 13.8. The van der Waals surface area contributed by atoms with Gasteiger partial charge in [-0.3, -0.25) is 14.4 Å². The number of nitrogens with zero attached hydrogens (tertiary/aromatic N) is 1. The van der Waals surface area contributed by atoms with Gasteiger partial charge in [0.2, 0.25) is 17.7 Å². The highest BCUT2D eigenvalue weighted by atomic mass is 32.2. The van der Waals surface area contributed by atoms with Crippen molar-refractivity contribution in [3.63, 3.8) is 0 Å². The molecule has 3 heterocycles. The fraction of sp³-hybridized carbons (Fsp3) is 0.593. The van der Waals surface area contributed by atoms with E-state index >= 15 is 0 Å². The number of likely N-dealkylation sites (tertiary alicyclic amines) is 1. The van der Waals surface area contributed by atoms with E-state index in [2.05, 4.69) is 10.6 Å². The highest BCUT2D eigenvalue weighted by molar-refractivity contribution is 7.98. The van der Waals surface area contributed by atoms with E-state index in [-0.39, 0.29) is 23.8 Å². The minimum absolute atomic E-state index is 0.119. The molecule has 1 aromatic carbocycles. The quantitative estimate of drug-likeness (QED) is 0.478. The third-order valence-corrected chi connectivity index (χ3v) is 8.56. The van der Waals surface area contributed by atoms with Gasteiger partial charge in [-0.2, -0.15) is 0 Å². The summed E-state index contributed by atoms with van der Waals surface area (Å²) >= 11 is 1.60. The van der Waals surface area contributed by atoms with E-state index in [9.17, 15) is 14.4 Å². The molecule has 5 rings (SSSR count). The van der Waals surface area contributed by atoms with Crippen molar-refractivity contribution in [1.82, 2.24) is 10.2 Å². The lowest BCUT2D eigenvalue weighted by Crippen LogP contribution is -2.60. The summed E-state index contributed by atoms with van der Waals surface area (Å²) < 4.78 is 6.42. The molecule has 4 aliphatic rings. The van der Waals surface area contributed by atoms with E-state index in [4.69, 9.17) is 4.74 Å². The molecule has 3 aliphatic heterocycles. The lowest BCUT2D eigenvalue weighted by molar-refractivity contribution is -0.146. The van der Waals surface area contributed by atoms with E-state index in [1.165, 1.54) is 6.42 Å². The van der Waals surface area contributed by atoms with Crippen molar-refractivity contribution < 1.29 is 19.1 Å². The number of fused-ring (bicyclic) bond motifs is 1. The molecule has 0 radical (unpaired) electrons. The number of nitrogens with one attached hydrogen (secondary N) is 2. The van der Waals surface area contributed by atoms with Crippen LogP contribution in [0.25, 0.3) is 0 Å². The van der Waals surface area contributed by atoms with E-state index in [1.807, 2.05) is 63.4 Å². The Balaban J connectivity index is 1.45. The van der Waals surface area contributed by atoms with Crippen molar-refractivity contribution in [2.45, 2.75) is 87.1 Å². The van der Waals surface area contributed by atoms with Crippen LogP contribution in [0.4, 0.5) is 5.69 Å². The van der Waals surface area contributed by atoms with Crippen LogP contribution >= 0.6 is 11.8 Å². The number of benzene rings is 1. The molecular formula is C27H35N3O4S. The Hall–Kier alpha value is -2.32. The van der Waals surface area contributed by atoms with E-state index < -0.39 is 35.1 Å². The number of anilines is 1. The number of carbonyl (C=O) groups excluding carboxylic acids is 3. The number of thioether (sulfide) groups is 1. The molecule has 1 spiro atoms. The minimum Gasteiger partial charge on any atom is -0.359 e. The second-order valence-electron chi connectivity index (χ2n) is 11.1. The summed E-state index contributed by atoms with van der Waals surface area (Å²) in [5.41, 5.74) is -1.04. The van der Waals surface area contributed by atoms with Gasteiger partial charge in [-0.1, -0.05) is 37.5 Å². The predicted molar refractivity (Wildman–Crippen MR) is 136 cm³/mol. The second kappa shape index (κ2) is 8.96. The summed E-state index contributed by atoms with van der Waals surface area (Å²) in [5, 5.41) is 6.22. The van der Waals surface area contributed by atoms with Gasteiger partial charge in [0, 0.05) is 22.2 Å². The second-order valence-corrected chi connectivity index (χ2v) is 12.0. The van der Waals surface area contributed by atoms with Crippen LogP contribution < -0.4 is 10.6 Å². The molecule has 1 saturated carbocycles. The zero-order valence-corrected chi connectivity index (χ0v) is 21.7. The molecule has 5 unspecified atom stereocenters. The number of hydrogen-bond donors (Lipinski definition) is 2. The average molecular weight is 498 g/mol. The largest absolute Gasteiger partial charge is 0.359 e. The Kier molecular flexibility index (Phi) is 6.24. The number of ether oxygens (including phenoxy) is 1. The van der Waals surface area contributed by atoms with Crippen molar-refractivity contribution in [3.8, 4) is 0 Å². The standard InChI is InChI=1S/C27H35N3O4S/c1-26(2,3)30-22(24(32)28-16-9-6-5-7-10-16)27-14-13-19(34-27)20(21(27)25(30)33)23(31)29-17-11-8-12-18(15-17)35-4/h8,11-16,19-22H,5-7,9-10H2,1-4H3,(H,28,32)(H,29,31). The van der Waals surface area contributed by atoms with Crippen LogP contribution in [0.3, 0.4) is 0 Å². The molecule has 35 heavy (non-hydrogen) atoms. The van der Waals surface area contributed by atoms with Crippen molar-refractivity contribution >= 4 is 35.2 Å². The van der Waals surface area contributed by atoms with Crippen LogP contribution in [-0.2, 0) is 19.1 Å². The third-order valence-electron chi connectivity index (χ3n) is 7.84. The average Bonchev–Trinajstić information content (AvgIpc) is 3.47. The smallest absolute Gasteiger partial charge is 0.246 e. The Morgan fingerprint density at radius 2 is 1.89 bits per heavy atom. The monoisotopic (exact) mass is 497 g/mol. The van der Waals surface area contributed by atoms with Crippen LogP contribution in [0.15, 0.2) is 41.3 Å². The molecule has 0 aromatic heterocycles. The molecule has 2 N–H and O–H groups in total. The molecule has 1 aliphatic carbocycles. The highest BCUT2D eigenvalue weighted by Gasteiger charge is 2.73. The van der Waals surface area contributed by atoms with Crippen molar-refractivity contribution in [2.75, 3.05) is 11.6 Å². The number of carbonyl (C=O) groups is 3. The Morgan fingerprint density at radius 3 is 2.57 bits per heavy atom. The molecule has 3 amide bonds. The normalized spacial score (nSPS) is 32.1. The highest BCUT2D eigenvalue weighted by Crippen LogP contribution is 2.56. The SMILES string of the molecule is CSc1cccc(NC(=O)C2C3C=CC4(O3)C2C(=O)N(C(C)(C)C)C4C(=O)NC2CCCCC2)c1. The Morgan fingerprint density at radius 1 is 1.14 bits per heavy atom. The lowest BCUT2D eigenvalue weighted by Gasteiger charge is -2.40. The molecule has 2 bridgehead atoms. The maximum Gasteiger partial charge on any atom is 0.246 e. The maximum absolute atomic E-state index is 13.9. The first kappa shape index (κ1) is 24.4. The fourth-order valence-corrected chi connectivity index (χ4v) is 6.80. The van der Waals surface area contributed by atoms with Gasteiger partial charge in [0.25, 0.3) is 0 Å². The van der Waals surface area contributed by atoms with Crippen molar-refractivity contribution in [1.29, 1.82) is 0 Å². The van der Waals surface area contributed by atoms with Gasteiger partial charge in [-0.05, 0) is 58.1 Å². The van der Waals surface area contributed by atoms with Gasteiger partial charge in [0.05, 0.1) is 17.9 Å². The summed E-state index contributed by atoms with van der Waals surface area (Å²) in [5.74, 6) is -2.04. The van der Waals surface area contributed by atoms with Gasteiger partial charge in [0.15, 0.2) is 0 Å². The van der Waals surface area contributed by atoms with Crippen LogP contribution in [0.5, 0.6) is 0 Å². The minimum atomic E-state index is -1.13. The molecular weight excluding hydrogens is 462 g/mol. The number of rotatable bonds is 5. The molecule has 3 fully saturated rings. The third kappa shape index (κ3) is 4.08. The molecule has 188 valence electrons. The van der Waals surface area contributed by atoms with E-state index in [0.717, 1.165) is 30.6 Å². The topological polar surface area (TPSA) is 87.7 Å². The van der Waals surface area contributed by atoms with E-state index in [1.54, 1.807) is 16.7 Å². The maximum atomic E-state index is 13.9. The molecule has 7 nitrogen and oxygen atoms in total. The lowest BCUT2D eigenvalue weighted by atomic mass is 9.74. The number of amides is 3. The molecule has 5 atom stereocenters. The van der Waals surface area contributed by atoms with Gasteiger partial charge < -0.3 is 20.3 Å².